The number of nitrogens with zero attached hydrogens (tertiary/aromatic N) is 2. The Bertz CT molecular complexity index is 537. The van der Waals surface area contributed by atoms with Gasteiger partial charge in [-0.05, 0) is 13.0 Å². The smallest absolute Gasteiger partial charge is 0.336 e. The van der Waals surface area contributed by atoms with Gasteiger partial charge in [-0.15, -0.1) is 0 Å². The first-order valence-electron chi connectivity index (χ1n) is 4.73. The summed E-state index contributed by atoms with van der Waals surface area (Å²) in [7, 11) is 0. The Morgan fingerprint density at radius 1 is 1.28 bits per heavy atom. The third kappa shape index (κ3) is 3.11. The molecule has 0 amide bonds. The molecule has 0 heterocycles. The van der Waals surface area contributed by atoms with Crippen molar-refractivity contribution in [3.63, 3.8) is 0 Å². The molecule has 18 heavy (non-hydrogen) atoms. The standard InChI is InChI=1S/C10H8N2O6/c1-2-3-10(13)18-9-5-4-7(11(14)15)6-8(9)12(16)17/h2-6H,1H3/b3-2+. The van der Waals surface area contributed by atoms with Crippen molar-refractivity contribution in [2.24, 2.45) is 0 Å². The molecule has 0 N–H and O–H groups in total. The highest BCUT2D eigenvalue weighted by Gasteiger charge is 2.21. The number of rotatable bonds is 4. The molecule has 0 atom stereocenters. The summed E-state index contributed by atoms with van der Waals surface area (Å²) in [5, 5.41) is 21.2. The Morgan fingerprint density at radius 2 is 1.94 bits per heavy atom. The third-order valence-electron chi connectivity index (χ3n) is 1.86. The second-order valence-corrected chi connectivity index (χ2v) is 3.09. The molecule has 0 aliphatic heterocycles. The second kappa shape index (κ2) is 5.53. The Balaban J connectivity index is 3.15. The number of ether oxygens (including phenoxy) is 1. The molecule has 0 aliphatic rings. The quantitative estimate of drug-likeness (QED) is 0.266. The van der Waals surface area contributed by atoms with Crippen LogP contribution in [0.3, 0.4) is 0 Å². The van der Waals surface area contributed by atoms with E-state index in [-0.39, 0.29) is 5.75 Å². The number of non-ortho nitro benzene ring substituents is 1. The predicted molar refractivity (Wildman–Crippen MR) is 60.2 cm³/mol. The number of allylic oxidation sites excluding steroid dienone is 1. The molecule has 0 aliphatic carbocycles. The summed E-state index contributed by atoms with van der Waals surface area (Å²) in [6, 6.07) is 2.77. The van der Waals surface area contributed by atoms with Crippen molar-refractivity contribution in [1.82, 2.24) is 0 Å². The maximum Gasteiger partial charge on any atom is 0.336 e. The van der Waals surface area contributed by atoms with E-state index in [4.69, 9.17) is 4.74 Å². The molecule has 8 heteroatoms. The fraction of sp³-hybridized carbons (Fsp3) is 0.100. The van der Waals surface area contributed by atoms with Crippen LogP contribution in [0.1, 0.15) is 6.92 Å². The van der Waals surface area contributed by atoms with Gasteiger partial charge in [0.1, 0.15) is 0 Å². The van der Waals surface area contributed by atoms with Crippen molar-refractivity contribution >= 4 is 17.3 Å². The zero-order chi connectivity index (χ0) is 13.7. The second-order valence-electron chi connectivity index (χ2n) is 3.09. The molecule has 0 unspecified atom stereocenters. The molecule has 0 fully saturated rings. The van der Waals surface area contributed by atoms with Crippen LogP contribution in [0.2, 0.25) is 0 Å². The monoisotopic (exact) mass is 252 g/mol. The highest BCUT2D eigenvalue weighted by atomic mass is 16.6. The molecule has 0 spiro atoms. The minimum atomic E-state index is -0.856. The van der Waals surface area contributed by atoms with Crippen molar-refractivity contribution in [2.75, 3.05) is 0 Å². The number of nitro groups is 2. The van der Waals surface area contributed by atoms with Gasteiger partial charge in [0, 0.05) is 12.1 Å². The zero-order valence-corrected chi connectivity index (χ0v) is 9.23. The van der Waals surface area contributed by atoms with Gasteiger partial charge in [0.05, 0.1) is 15.9 Å². The number of benzene rings is 1. The molecule has 0 saturated carbocycles. The number of hydrogen-bond acceptors (Lipinski definition) is 6. The van der Waals surface area contributed by atoms with Gasteiger partial charge < -0.3 is 4.74 Å². The molecule has 8 nitrogen and oxygen atoms in total. The van der Waals surface area contributed by atoms with E-state index >= 15 is 0 Å². The van der Waals surface area contributed by atoms with Crippen LogP contribution in [0.4, 0.5) is 11.4 Å². The maximum atomic E-state index is 11.1. The molecule has 0 bridgehead atoms. The summed E-state index contributed by atoms with van der Waals surface area (Å²) in [5.41, 5.74) is -1.09. The van der Waals surface area contributed by atoms with E-state index in [1.54, 1.807) is 6.92 Å². The number of nitro benzene ring substituents is 2. The van der Waals surface area contributed by atoms with Gasteiger partial charge in [-0.3, -0.25) is 20.2 Å². The normalized spacial score (nSPS) is 10.3. The average Bonchev–Trinajstić information content (AvgIpc) is 2.29. The zero-order valence-electron chi connectivity index (χ0n) is 9.23. The van der Waals surface area contributed by atoms with Crippen molar-refractivity contribution in [3.8, 4) is 5.75 Å². The van der Waals surface area contributed by atoms with Crippen molar-refractivity contribution in [3.05, 3.63) is 50.6 Å². The lowest BCUT2D eigenvalue weighted by molar-refractivity contribution is -0.394. The molecule has 0 aromatic heterocycles. The molecule has 0 saturated heterocycles. The van der Waals surface area contributed by atoms with Gasteiger partial charge in [0.25, 0.3) is 5.69 Å². The number of carbonyl (C=O) groups excluding carboxylic acids is 1. The van der Waals surface area contributed by atoms with E-state index in [2.05, 4.69) is 0 Å². The summed E-state index contributed by atoms with van der Waals surface area (Å²) in [6.45, 7) is 1.57. The molecular weight excluding hydrogens is 244 g/mol. The molecule has 1 aromatic rings. The van der Waals surface area contributed by atoms with Crippen LogP contribution in [-0.2, 0) is 4.79 Å². The van der Waals surface area contributed by atoms with Gasteiger partial charge in [-0.25, -0.2) is 4.79 Å². The largest absolute Gasteiger partial charge is 0.416 e. The molecular formula is C10H8N2O6. The van der Waals surface area contributed by atoms with Gasteiger partial charge in [-0.1, -0.05) is 6.08 Å². The van der Waals surface area contributed by atoms with E-state index in [1.165, 1.54) is 6.08 Å². The highest BCUT2D eigenvalue weighted by Crippen LogP contribution is 2.31. The van der Waals surface area contributed by atoms with E-state index in [1.807, 2.05) is 0 Å². The van der Waals surface area contributed by atoms with Crippen molar-refractivity contribution < 1.29 is 19.4 Å². The fourth-order valence-corrected chi connectivity index (χ4v) is 1.13. The van der Waals surface area contributed by atoms with E-state index in [0.29, 0.717) is 0 Å². The Kier molecular flexibility index (Phi) is 4.08. The minimum absolute atomic E-state index is 0.339. The van der Waals surface area contributed by atoms with Gasteiger partial charge in [-0.2, -0.15) is 0 Å². The lowest BCUT2D eigenvalue weighted by atomic mass is 10.2. The van der Waals surface area contributed by atoms with Crippen LogP contribution in [0.25, 0.3) is 0 Å². The Morgan fingerprint density at radius 3 is 2.44 bits per heavy atom. The SMILES string of the molecule is C/C=C/C(=O)Oc1ccc([N+](=O)[O-])cc1[N+](=O)[O-]. The summed E-state index contributed by atoms with van der Waals surface area (Å²) < 4.78 is 4.69. The van der Waals surface area contributed by atoms with Crippen LogP contribution in [0.5, 0.6) is 5.75 Å². The lowest BCUT2D eigenvalue weighted by Crippen LogP contribution is -2.06. The highest BCUT2D eigenvalue weighted by molar-refractivity contribution is 5.84. The Hall–Kier alpha value is -2.77. The van der Waals surface area contributed by atoms with Crippen LogP contribution < -0.4 is 4.74 Å². The number of carbonyl (C=O) groups is 1. The summed E-state index contributed by atoms with van der Waals surface area (Å²) in [4.78, 5) is 30.7. The van der Waals surface area contributed by atoms with E-state index in [0.717, 1.165) is 24.3 Å². The summed E-state index contributed by atoms with van der Waals surface area (Å²) in [6.07, 6.45) is 2.48. The summed E-state index contributed by atoms with van der Waals surface area (Å²) in [5.74, 6) is -1.14. The molecule has 94 valence electrons. The van der Waals surface area contributed by atoms with E-state index in [9.17, 15) is 25.0 Å². The first kappa shape index (κ1) is 13.3. The third-order valence-corrected chi connectivity index (χ3v) is 1.86. The predicted octanol–water partition coefficient (Wildman–Crippen LogP) is 1.98. The fourth-order valence-electron chi connectivity index (χ4n) is 1.13. The first-order chi connectivity index (χ1) is 8.45. The lowest BCUT2D eigenvalue weighted by Gasteiger charge is -2.02. The van der Waals surface area contributed by atoms with Crippen molar-refractivity contribution in [2.45, 2.75) is 6.92 Å². The first-order valence-corrected chi connectivity index (χ1v) is 4.73. The molecule has 0 radical (unpaired) electrons. The number of esters is 1. The molecule has 1 aromatic carbocycles. The minimum Gasteiger partial charge on any atom is -0.416 e. The van der Waals surface area contributed by atoms with Gasteiger partial charge in [0.2, 0.25) is 5.75 Å². The van der Waals surface area contributed by atoms with Gasteiger partial charge >= 0.3 is 11.7 Å². The number of hydrogen-bond donors (Lipinski definition) is 0. The summed E-state index contributed by atoms with van der Waals surface area (Å²) >= 11 is 0. The molecule has 1 rings (SSSR count). The van der Waals surface area contributed by atoms with Crippen LogP contribution >= 0.6 is 0 Å². The Labute approximate surface area is 101 Å². The maximum absolute atomic E-state index is 11.1. The van der Waals surface area contributed by atoms with Gasteiger partial charge in [0.15, 0.2) is 0 Å². The van der Waals surface area contributed by atoms with Crippen molar-refractivity contribution in [1.29, 1.82) is 0 Å². The van der Waals surface area contributed by atoms with E-state index < -0.39 is 27.2 Å². The average molecular weight is 252 g/mol. The van der Waals surface area contributed by atoms with Crippen LogP contribution in [-0.4, -0.2) is 15.8 Å². The van der Waals surface area contributed by atoms with Crippen LogP contribution in [0, 0.1) is 20.2 Å². The van der Waals surface area contributed by atoms with Crippen LogP contribution in [0.15, 0.2) is 30.4 Å². The topological polar surface area (TPSA) is 113 Å².